The van der Waals surface area contributed by atoms with Gasteiger partial charge in [0.15, 0.2) is 0 Å². The third-order valence-electron chi connectivity index (χ3n) is 5.43. The Kier molecular flexibility index (Phi) is 3.55. The average Bonchev–Trinajstić information content (AvgIpc) is 2.91. The minimum absolute atomic E-state index is 0.470. The van der Waals surface area contributed by atoms with Crippen LogP contribution in [0.5, 0.6) is 0 Å². The molecule has 0 atom stereocenters. The molecule has 1 aliphatic carbocycles. The van der Waals surface area contributed by atoms with Gasteiger partial charge in [-0.2, -0.15) is 0 Å². The molecule has 0 aromatic heterocycles. The van der Waals surface area contributed by atoms with E-state index in [2.05, 4.69) is 29.2 Å². The second kappa shape index (κ2) is 5.21. The number of piperidine rings is 1. The van der Waals surface area contributed by atoms with Crippen molar-refractivity contribution in [1.29, 1.82) is 0 Å². The number of rotatable bonds is 3. The number of nitrogens with zero attached hydrogens (tertiary/aromatic N) is 1. The zero-order valence-corrected chi connectivity index (χ0v) is 12.1. The molecule has 1 heterocycles. The van der Waals surface area contributed by atoms with Gasteiger partial charge in [-0.1, -0.05) is 31.2 Å². The van der Waals surface area contributed by atoms with Crippen LogP contribution < -0.4 is 0 Å². The van der Waals surface area contributed by atoms with E-state index < -0.39 is 11.4 Å². The predicted octanol–water partition coefficient (Wildman–Crippen LogP) is 2.73. The normalized spacial score (nSPS) is 22.6. The first-order chi connectivity index (χ1) is 9.64. The highest BCUT2D eigenvalue weighted by Crippen LogP contribution is 2.37. The standard InChI is InChI=1S/C17H23NO2/c1-2-17(16(19)20)7-9-18(10-8-17)15-11-13-5-3-4-6-14(13)12-15/h3-6,15H,2,7-12H2,1H3,(H,19,20). The Morgan fingerprint density at radius 2 is 1.80 bits per heavy atom. The first-order valence-electron chi connectivity index (χ1n) is 7.69. The largest absolute Gasteiger partial charge is 0.481 e. The quantitative estimate of drug-likeness (QED) is 0.920. The molecule has 0 amide bonds. The molecule has 3 heteroatoms. The lowest BCUT2D eigenvalue weighted by Gasteiger charge is -2.41. The first-order valence-corrected chi connectivity index (χ1v) is 7.69. The summed E-state index contributed by atoms with van der Waals surface area (Å²) in [6.45, 7) is 3.87. The maximum absolute atomic E-state index is 11.5. The summed E-state index contributed by atoms with van der Waals surface area (Å²) >= 11 is 0. The molecule has 2 aliphatic rings. The molecule has 3 rings (SSSR count). The number of fused-ring (bicyclic) bond motifs is 1. The molecule has 108 valence electrons. The van der Waals surface area contributed by atoms with Gasteiger partial charge in [0.25, 0.3) is 0 Å². The topological polar surface area (TPSA) is 40.5 Å². The molecule has 20 heavy (non-hydrogen) atoms. The van der Waals surface area contributed by atoms with Gasteiger partial charge in [0.05, 0.1) is 5.41 Å². The predicted molar refractivity (Wildman–Crippen MR) is 78.8 cm³/mol. The summed E-state index contributed by atoms with van der Waals surface area (Å²) in [5.41, 5.74) is 2.48. The van der Waals surface area contributed by atoms with Crippen molar-refractivity contribution >= 4 is 5.97 Å². The molecule has 1 saturated heterocycles. The van der Waals surface area contributed by atoms with Gasteiger partial charge < -0.3 is 5.11 Å². The number of carbonyl (C=O) groups is 1. The number of likely N-dealkylation sites (tertiary alicyclic amines) is 1. The molecule has 3 nitrogen and oxygen atoms in total. The summed E-state index contributed by atoms with van der Waals surface area (Å²) < 4.78 is 0. The molecule has 0 saturated carbocycles. The average molecular weight is 273 g/mol. The minimum Gasteiger partial charge on any atom is -0.481 e. The van der Waals surface area contributed by atoms with Crippen LogP contribution in [0.4, 0.5) is 0 Å². The van der Waals surface area contributed by atoms with E-state index in [-0.39, 0.29) is 0 Å². The van der Waals surface area contributed by atoms with Crippen LogP contribution in [0.15, 0.2) is 24.3 Å². The molecule has 0 bridgehead atoms. The maximum Gasteiger partial charge on any atom is 0.309 e. The van der Waals surface area contributed by atoms with Crippen LogP contribution in [0.1, 0.15) is 37.3 Å². The summed E-state index contributed by atoms with van der Waals surface area (Å²) in [5.74, 6) is -0.602. The number of carboxylic acids is 1. The van der Waals surface area contributed by atoms with Crippen LogP contribution in [0.25, 0.3) is 0 Å². The van der Waals surface area contributed by atoms with Gasteiger partial charge in [0.2, 0.25) is 0 Å². The van der Waals surface area contributed by atoms with Crippen molar-refractivity contribution < 1.29 is 9.90 Å². The van der Waals surface area contributed by atoms with E-state index in [1.807, 2.05) is 6.92 Å². The highest BCUT2D eigenvalue weighted by atomic mass is 16.4. The third kappa shape index (κ3) is 2.24. The van der Waals surface area contributed by atoms with Crippen molar-refractivity contribution in [3.05, 3.63) is 35.4 Å². The van der Waals surface area contributed by atoms with Crippen LogP contribution in [0.2, 0.25) is 0 Å². The minimum atomic E-state index is -0.602. The van der Waals surface area contributed by atoms with E-state index in [9.17, 15) is 9.90 Å². The number of hydrogen-bond donors (Lipinski definition) is 1. The molecule has 1 N–H and O–H groups in total. The summed E-state index contributed by atoms with van der Waals surface area (Å²) in [4.78, 5) is 14.0. The summed E-state index contributed by atoms with van der Waals surface area (Å²) in [5, 5.41) is 9.46. The lowest BCUT2D eigenvalue weighted by atomic mass is 9.76. The van der Waals surface area contributed by atoms with Gasteiger partial charge in [0, 0.05) is 6.04 Å². The van der Waals surface area contributed by atoms with Crippen LogP contribution >= 0.6 is 0 Å². The smallest absolute Gasteiger partial charge is 0.309 e. The summed E-state index contributed by atoms with van der Waals surface area (Å²) in [6.07, 6.45) is 4.60. The molecule has 1 aromatic rings. The van der Waals surface area contributed by atoms with E-state index in [0.717, 1.165) is 45.2 Å². The van der Waals surface area contributed by atoms with Gasteiger partial charge in [-0.3, -0.25) is 9.69 Å². The highest BCUT2D eigenvalue weighted by molar-refractivity contribution is 5.74. The van der Waals surface area contributed by atoms with E-state index >= 15 is 0 Å². The van der Waals surface area contributed by atoms with Crippen molar-refractivity contribution in [2.45, 2.75) is 45.1 Å². The van der Waals surface area contributed by atoms with Crippen LogP contribution in [-0.2, 0) is 17.6 Å². The van der Waals surface area contributed by atoms with Gasteiger partial charge in [-0.25, -0.2) is 0 Å². The fourth-order valence-corrected chi connectivity index (χ4v) is 3.83. The second-order valence-corrected chi connectivity index (χ2v) is 6.31. The summed E-state index contributed by atoms with van der Waals surface area (Å²) in [6, 6.07) is 9.27. The molecule has 1 fully saturated rings. The van der Waals surface area contributed by atoms with E-state index in [1.165, 1.54) is 11.1 Å². The first kappa shape index (κ1) is 13.6. The van der Waals surface area contributed by atoms with Crippen molar-refractivity contribution in [3.63, 3.8) is 0 Å². The van der Waals surface area contributed by atoms with Crippen LogP contribution in [0.3, 0.4) is 0 Å². The molecule has 0 spiro atoms. The maximum atomic E-state index is 11.5. The molecule has 1 aliphatic heterocycles. The van der Waals surface area contributed by atoms with Gasteiger partial charge in [-0.15, -0.1) is 0 Å². The second-order valence-electron chi connectivity index (χ2n) is 6.31. The zero-order valence-electron chi connectivity index (χ0n) is 12.1. The summed E-state index contributed by atoms with van der Waals surface area (Å²) in [7, 11) is 0. The SMILES string of the molecule is CCC1(C(=O)O)CCN(C2Cc3ccccc3C2)CC1. The Hall–Kier alpha value is -1.35. The zero-order chi connectivity index (χ0) is 14.2. The molecule has 0 radical (unpaired) electrons. The molecule has 0 unspecified atom stereocenters. The number of hydrogen-bond acceptors (Lipinski definition) is 2. The van der Waals surface area contributed by atoms with Gasteiger partial charge in [-0.05, 0) is 56.3 Å². The van der Waals surface area contributed by atoms with Crippen molar-refractivity contribution in [2.75, 3.05) is 13.1 Å². The van der Waals surface area contributed by atoms with E-state index in [1.54, 1.807) is 0 Å². The van der Waals surface area contributed by atoms with Crippen LogP contribution in [-0.4, -0.2) is 35.1 Å². The Labute approximate surface area is 120 Å². The Balaban J connectivity index is 1.64. The van der Waals surface area contributed by atoms with Crippen molar-refractivity contribution in [2.24, 2.45) is 5.41 Å². The van der Waals surface area contributed by atoms with E-state index in [4.69, 9.17) is 0 Å². The third-order valence-corrected chi connectivity index (χ3v) is 5.43. The molecule has 1 aromatic carbocycles. The Bertz CT molecular complexity index is 478. The molecular formula is C17H23NO2. The fourth-order valence-electron chi connectivity index (χ4n) is 3.83. The number of aliphatic carboxylic acids is 1. The highest BCUT2D eigenvalue weighted by Gasteiger charge is 2.41. The number of benzene rings is 1. The van der Waals surface area contributed by atoms with Crippen LogP contribution in [0, 0.1) is 5.41 Å². The lowest BCUT2D eigenvalue weighted by molar-refractivity contribution is -0.152. The van der Waals surface area contributed by atoms with E-state index in [0.29, 0.717) is 6.04 Å². The van der Waals surface area contributed by atoms with Gasteiger partial charge >= 0.3 is 5.97 Å². The van der Waals surface area contributed by atoms with Crippen molar-refractivity contribution in [1.82, 2.24) is 4.90 Å². The number of carboxylic acid groups (broad SMARTS) is 1. The Morgan fingerprint density at radius 1 is 1.25 bits per heavy atom. The fraction of sp³-hybridized carbons (Fsp3) is 0.588. The Morgan fingerprint density at radius 3 is 2.25 bits per heavy atom. The molecular weight excluding hydrogens is 250 g/mol. The monoisotopic (exact) mass is 273 g/mol. The van der Waals surface area contributed by atoms with Crippen molar-refractivity contribution in [3.8, 4) is 0 Å². The van der Waals surface area contributed by atoms with Gasteiger partial charge in [0.1, 0.15) is 0 Å². The lowest BCUT2D eigenvalue weighted by Crippen LogP contribution is -2.48.